The Morgan fingerprint density at radius 2 is 1.96 bits per heavy atom. The van der Waals surface area contributed by atoms with Crippen molar-refractivity contribution in [3.8, 4) is 0 Å². The fourth-order valence-electron chi connectivity index (χ4n) is 5.02. The summed E-state index contributed by atoms with van der Waals surface area (Å²) < 4.78 is 11.9. The van der Waals surface area contributed by atoms with Crippen molar-refractivity contribution in [1.82, 2.24) is 20.0 Å². The number of amides is 3. The molecule has 2 aliphatic heterocycles. The molecule has 3 amide bonds. The highest BCUT2D eigenvalue weighted by molar-refractivity contribution is 5.95. The molecule has 3 fully saturated rings. The van der Waals surface area contributed by atoms with Gasteiger partial charge in [-0.15, -0.1) is 0 Å². The number of hydrogen-bond acceptors (Lipinski definition) is 6. The van der Waals surface area contributed by atoms with E-state index in [1.54, 1.807) is 0 Å². The van der Waals surface area contributed by atoms with Crippen LogP contribution in [0.15, 0.2) is 0 Å². The van der Waals surface area contributed by atoms with Gasteiger partial charge < -0.3 is 24.6 Å². The molecule has 2 saturated heterocycles. The number of urea groups is 1. The summed E-state index contributed by atoms with van der Waals surface area (Å²) in [5.74, 6) is -0.318. The Kier molecular flexibility index (Phi) is 6.96. The topological polar surface area (TPSA) is 74.4 Å². The van der Waals surface area contributed by atoms with E-state index in [0.29, 0.717) is 44.8 Å². The van der Waals surface area contributed by atoms with E-state index in [4.69, 9.17) is 9.47 Å². The summed E-state index contributed by atoms with van der Waals surface area (Å²) in [5, 5.41) is 2.86. The number of likely N-dealkylation sites (N-methyl/N-ethyl adjacent to an activating group) is 1. The Labute approximate surface area is 168 Å². The van der Waals surface area contributed by atoms with E-state index < -0.39 is 5.79 Å². The summed E-state index contributed by atoms with van der Waals surface area (Å²) in [5.41, 5.74) is 0. The molecule has 2 heterocycles. The van der Waals surface area contributed by atoms with Crippen molar-refractivity contribution >= 4 is 11.9 Å². The minimum atomic E-state index is -0.444. The number of imide groups is 1. The summed E-state index contributed by atoms with van der Waals surface area (Å²) in [6, 6.07) is 0.174. The van der Waals surface area contributed by atoms with Crippen LogP contribution in [-0.4, -0.2) is 99.0 Å². The molecule has 1 N–H and O–H groups in total. The zero-order chi connectivity index (χ0) is 20.3. The number of carbonyl (C=O) groups is 2. The molecule has 0 aromatic carbocycles. The average Bonchev–Trinajstić information content (AvgIpc) is 3.09. The Morgan fingerprint density at radius 1 is 1.25 bits per heavy atom. The molecule has 3 atom stereocenters. The summed E-state index contributed by atoms with van der Waals surface area (Å²) in [6.07, 6.45) is 3.59. The van der Waals surface area contributed by atoms with Crippen LogP contribution in [0.4, 0.5) is 4.79 Å². The number of nitrogens with zero attached hydrogens (tertiary/aromatic N) is 3. The van der Waals surface area contributed by atoms with Gasteiger partial charge in [-0.3, -0.25) is 9.69 Å². The van der Waals surface area contributed by atoms with Crippen LogP contribution in [0.25, 0.3) is 0 Å². The zero-order valence-corrected chi connectivity index (χ0v) is 17.8. The first-order valence-electron chi connectivity index (χ1n) is 10.6. The van der Waals surface area contributed by atoms with Gasteiger partial charge in [0, 0.05) is 45.1 Å². The van der Waals surface area contributed by atoms with Gasteiger partial charge in [-0.2, -0.15) is 0 Å². The van der Waals surface area contributed by atoms with Crippen molar-refractivity contribution in [3.05, 3.63) is 0 Å². The average molecular weight is 397 g/mol. The lowest BCUT2D eigenvalue weighted by Crippen LogP contribution is -2.57. The largest absolute Gasteiger partial charge is 0.348 e. The summed E-state index contributed by atoms with van der Waals surface area (Å²) in [6.45, 7) is 5.54. The van der Waals surface area contributed by atoms with Gasteiger partial charge in [-0.25, -0.2) is 4.79 Å². The van der Waals surface area contributed by atoms with E-state index in [-0.39, 0.29) is 17.9 Å². The van der Waals surface area contributed by atoms with Crippen molar-refractivity contribution in [2.24, 2.45) is 11.8 Å². The molecule has 3 aliphatic rings. The number of nitrogens with one attached hydrogen (secondary N) is 1. The third-order valence-corrected chi connectivity index (χ3v) is 6.43. The number of hydrogen-bond donors (Lipinski definition) is 1. The first kappa shape index (κ1) is 21.5. The second-order valence-electron chi connectivity index (χ2n) is 8.67. The first-order valence-corrected chi connectivity index (χ1v) is 10.6. The Hall–Kier alpha value is -1.22. The molecule has 0 aromatic heterocycles. The van der Waals surface area contributed by atoms with Crippen molar-refractivity contribution in [1.29, 1.82) is 0 Å². The van der Waals surface area contributed by atoms with Crippen LogP contribution in [0.2, 0.25) is 0 Å². The standard InChI is InChI=1S/C20H36N4O4/c1-5-24(19(26)21-8-9-22(2)3)18(25)16-12-15-13-20(27-10-11-28-20)7-6-17(15)23(4)14-16/h15-17H,5-14H2,1-4H3,(H,21,26)/t15-,16-,17-/m1/s1. The predicted octanol–water partition coefficient (Wildman–Crippen LogP) is 0.970. The molecular formula is C20H36N4O4. The van der Waals surface area contributed by atoms with Crippen LogP contribution in [0.1, 0.15) is 32.6 Å². The van der Waals surface area contributed by atoms with E-state index in [1.807, 2.05) is 25.9 Å². The summed E-state index contributed by atoms with van der Waals surface area (Å²) in [7, 11) is 6.01. The lowest BCUT2D eigenvalue weighted by Gasteiger charge is -2.49. The molecule has 3 rings (SSSR count). The molecule has 8 nitrogen and oxygen atoms in total. The Morgan fingerprint density at radius 3 is 2.61 bits per heavy atom. The number of ether oxygens (including phenoxy) is 2. The van der Waals surface area contributed by atoms with E-state index in [0.717, 1.165) is 32.2 Å². The number of piperidine rings is 1. The summed E-state index contributed by atoms with van der Waals surface area (Å²) in [4.78, 5) is 31.4. The van der Waals surface area contributed by atoms with Crippen molar-refractivity contribution in [2.45, 2.75) is 44.4 Å². The SMILES string of the molecule is CCN(C(=O)NCCN(C)C)C(=O)[C@@H]1C[C@@H]2CC3(CC[C@H]2N(C)C1)OCCO3. The first-order chi connectivity index (χ1) is 13.3. The quantitative estimate of drug-likeness (QED) is 0.747. The molecule has 1 spiro atoms. The number of carbonyl (C=O) groups excluding carboxylic acids is 2. The lowest BCUT2D eigenvalue weighted by atomic mass is 9.72. The number of rotatable bonds is 5. The molecule has 0 unspecified atom stereocenters. The second-order valence-corrected chi connectivity index (χ2v) is 8.67. The van der Waals surface area contributed by atoms with E-state index >= 15 is 0 Å². The molecule has 0 bridgehead atoms. The van der Waals surface area contributed by atoms with Crippen molar-refractivity contribution in [2.75, 3.05) is 60.5 Å². The molecule has 0 radical (unpaired) electrons. The van der Waals surface area contributed by atoms with Crippen LogP contribution < -0.4 is 5.32 Å². The Bertz CT molecular complexity index is 564. The monoisotopic (exact) mass is 396 g/mol. The fourth-order valence-corrected chi connectivity index (χ4v) is 5.02. The lowest BCUT2D eigenvalue weighted by molar-refractivity contribution is -0.202. The van der Waals surface area contributed by atoms with Gasteiger partial charge in [0.25, 0.3) is 0 Å². The third kappa shape index (κ3) is 4.67. The maximum atomic E-state index is 13.2. The van der Waals surface area contributed by atoms with Crippen LogP contribution in [-0.2, 0) is 14.3 Å². The molecular weight excluding hydrogens is 360 g/mol. The highest BCUT2D eigenvalue weighted by atomic mass is 16.7. The molecule has 28 heavy (non-hydrogen) atoms. The van der Waals surface area contributed by atoms with Gasteiger partial charge in [-0.1, -0.05) is 0 Å². The third-order valence-electron chi connectivity index (χ3n) is 6.43. The smallest absolute Gasteiger partial charge is 0.324 e. The van der Waals surface area contributed by atoms with Gasteiger partial charge in [0.2, 0.25) is 5.91 Å². The highest BCUT2D eigenvalue weighted by Gasteiger charge is 2.49. The predicted molar refractivity (Wildman–Crippen MR) is 106 cm³/mol. The van der Waals surface area contributed by atoms with Crippen LogP contribution in [0, 0.1) is 11.8 Å². The van der Waals surface area contributed by atoms with Crippen LogP contribution in [0.3, 0.4) is 0 Å². The van der Waals surface area contributed by atoms with E-state index in [2.05, 4.69) is 17.3 Å². The molecule has 160 valence electrons. The second kappa shape index (κ2) is 9.07. The normalized spacial score (nSPS) is 29.7. The number of likely N-dealkylation sites (tertiary alicyclic amines) is 1. The molecule has 1 aliphatic carbocycles. The molecule has 1 saturated carbocycles. The van der Waals surface area contributed by atoms with Gasteiger partial charge >= 0.3 is 6.03 Å². The maximum Gasteiger partial charge on any atom is 0.324 e. The van der Waals surface area contributed by atoms with Crippen molar-refractivity contribution in [3.63, 3.8) is 0 Å². The number of fused-ring (bicyclic) bond motifs is 1. The van der Waals surface area contributed by atoms with Gasteiger partial charge in [0.15, 0.2) is 5.79 Å². The van der Waals surface area contributed by atoms with Gasteiger partial charge in [0.1, 0.15) is 0 Å². The highest BCUT2D eigenvalue weighted by Crippen LogP contribution is 2.45. The van der Waals surface area contributed by atoms with Gasteiger partial charge in [0.05, 0.1) is 19.1 Å². The molecule has 8 heteroatoms. The van der Waals surface area contributed by atoms with Crippen LogP contribution in [0.5, 0.6) is 0 Å². The fraction of sp³-hybridized carbons (Fsp3) is 0.900. The Balaban J connectivity index is 1.61. The minimum Gasteiger partial charge on any atom is -0.348 e. The van der Waals surface area contributed by atoms with Crippen molar-refractivity contribution < 1.29 is 19.1 Å². The van der Waals surface area contributed by atoms with E-state index in [1.165, 1.54) is 4.90 Å². The maximum absolute atomic E-state index is 13.2. The van der Waals surface area contributed by atoms with Gasteiger partial charge in [-0.05, 0) is 46.8 Å². The van der Waals surface area contributed by atoms with E-state index in [9.17, 15) is 9.59 Å². The molecule has 0 aromatic rings. The zero-order valence-electron chi connectivity index (χ0n) is 17.8. The summed E-state index contributed by atoms with van der Waals surface area (Å²) >= 11 is 0. The minimum absolute atomic E-state index is 0.0666. The van der Waals surface area contributed by atoms with Crippen LogP contribution >= 0.6 is 0 Å².